The Bertz CT molecular complexity index is 560. The Kier molecular flexibility index (Phi) is 6.06. The number of benzene rings is 2. The number of hydrogen-bond acceptors (Lipinski definition) is 2. The highest BCUT2D eigenvalue weighted by atomic mass is 16.5. The van der Waals surface area contributed by atoms with Crippen LogP contribution in [0.25, 0.3) is 10.8 Å². The predicted molar refractivity (Wildman–Crippen MR) is 88.8 cm³/mol. The molecule has 114 valence electrons. The van der Waals surface area contributed by atoms with Crippen molar-refractivity contribution >= 4 is 10.8 Å². The first-order valence-electron chi connectivity index (χ1n) is 8.06. The number of fused-ring (bicyclic) bond motifs is 1. The van der Waals surface area contributed by atoms with Gasteiger partial charge in [-0.2, -0.15) is 0 Å². The largest absolute Gasteiger partial charge is 0.493 e. The van der Waals surface area contributed by atoms with Gasteiger partial charge in [0.2, 0.25) is 0 Å². The second-order valence-corrected chi connectivity index (χ2v) is 5.64. The second-order valence-electron chi connectivity index (χ2n) is 5.64. The predicted octanol–water partition coefficient (Wildman–Crippen LogP) is 5.24. The molecule has 21 heavy (non-hydrogen) atoms. The van der Waals surface area contributed by atoms with Crippen LogP contribution in [0.15, 0.2) is 36.4 Å². The van der Waals surface area contributed by atoms with Crippen molar-refractivity contribution in [2.24, 2.45) is 0 Å². The molecule has 1 unspecified atom stereocenters. The summed E-state index contributed by atoms with van der Waals surface area (Å²) in [4.78, 5) is 0. The number of ether oxygens (including phenoxy) is 1. The minimum Gasteiger partial charge on any atom is -0.493 e. The molecule has 2 heteroatoms. The molecule has 0 radical (unpaired) electrons. The van der Waals surface area contributed by atoms with Gasteiger partial charge in [0, 0.05) is 10.9 Å². The van der Waals surface area contributed by atoms with Crippen molar-refractivity contribution in [2.45, 2.75) is 52.1 Å². The van der Waals surface area contributed by atoms with E-state index in [1.165, 1.54) is 25.7 Å². The van der Waals surface area contributed by atoms with Gasteiger partial charge in [-0.3, -0.25) is 0 Å². The van der Waals surface area contributed by atoms with Crippen molar-refractivity contribution < 1.29 is 9.84 Å². The van der Waals surface area contributed by atoms with Gasteiger partial charge in [-0.25, -0.2) is 0 Å². The molecule has 0 heterocycles. The lowest BCUT2D eigenvalue weighted by Gasteiger charge is -2.16. The van der Waals surface area contributed by atoms with E-state index in [1.807, 2.05) is 24.3 Å². The van der Waals surface area contributed by atoms with Crippen molar-refractivity contribution in [2.75, 3.05) is 6.61 Å². The minimum absolute atomic E-state index is 0.510. The highest BCUT2D eigenvalue weighted by Crippen LogP contribution is 2.33. The van der Waals surface area contributed by atoms with Gasteiger partial charge in [0.15, 0.2) is 0 Å². The molecule has 2 rings (SSSR count). The van der Waals surface area contributed by atoms with E-state index in [1.54, 1.807) is 6.92 Å². The van der Waals surface area contributed by atoms with E-state index in [2.05, 4.69) is 19.1 Å². The van der Waals surface area contributed by atoms with Gasteiger partial charge in [-0.1, -0.05) is 69.0 Å². The molecule has 2 aromatic carbocycles. The molecule has 1 atom stereocenters. The van der Waals surface area contributed by atoms with Crippen LogP contribution in [0.3, 0.4) is 0 Å². The number of aliphatic hydroxyl groups is 1. The average molecular weight is 286 g/mol. The lowest BCUT2D eigenvalue weighted by atomic mass is 10.0. The molecule has 0 amide bonds. The van der Waals surface area contributed by atoms with E-state index in [4.69, 9.17) is 4.74 Å². The van der Waals surface area contributed by atoms with Crippen molar-refractivity contribution in [3.8, 4) is 5.75 Å². The maximum atomic E-state index is 9.96. The fourth-order valence-electron chi connectivity index (χ4n) is 2.63. The molecule has 0 saturated carbocycles. The van der Waals surface area contributed by atoms with Crippen LogP contribution < -0.4 is 4.74 Å². The van der Waals surface area contributed by atoms with Crippen LogP contribution in [-0.4, -0.2) is 11.7 Å². The van der Waals surface area contributed by atoms with Crippen molar-refractivity contribution in [1.29, 1.82) is 0 Å². The number of aliphatic hydroxyl groups excluding tert-OH is 1. The van der Waals surface area contributed by atoms with Crippen LogP contribution >= 0.6 is 0 Å². The first kappa shape index (κ1) is 15.8. The average Bonchev–Trinajstić information content (AvgIpc) is 2.50. The van der Waals surface area contributed by atoms with Crippen molar-refractivity contribution in [3.05, 3.63) is 42.0 Å². The zero-order valence-corrected chi connectivity index (χ0v) is 13.1. The Morgan fingerprint density at radius 3 is 2.52 bits per heavy atom. The molecule has 0 saturated heterocycles. The lowest BCUT2D eigenvalue weighted by molar-refractivity contribution is 0.191. The zero-order valence-electron chi connectivity index (χ0n) is 13.1. The van der Waals surface area contributed by atoms with E-state index in [9.17, 15) is 5.11 Å². The fraction of sp³-hybridized carbons (Fsp3) is 0.474. The van der Waals surface area contributed by atoms with Crippen LogP contribution in [0.1, 0.15) is 57.6 Å². The molecule has 2 nitrogen and oxygen atoms in total. The third-order valence-corrected chi connectivity index (χ3v) is 3.85. The van der Waals surface area contributed by atoms with Gasteiger partial charge in [0.05, 0.1) is 12.7 Å². The number of hydrogen-bond donors (Lipinski definition) is 1. The fourth-order valence-corrected chi connectivity index (χ4v) is 2.63. The van der Waals surface area contributed by atoms with Gasteiger partial charge in [-0.15, -0.1) is 0 Å². The second kappa shape index (κ2) is 8.04. The Balaban J connectivity index is 2.10. The normalized spacial score (nSPS) is 12.5. The smallest absolute Gasteiger partial charge is 0.132 e. The molecular weight excluding hydrogens is 260 g/mol. The standard InChI is InChI=1S/C19H26O2/c1-3-4-5-6-9-14-21-19-17(15(2)20)13-12-16-10-7-8-11-18(16)19/h7-8,10-13,15,20H,3-6,9,14H2,1-2H3. The molecule has 0 aliphatic heterocycles. The van der Waals surface area contributed by atoms with Crippen molar-refractivity contribution in [1.82, 2.24) is 0 Å². The van der Waals surface area contributed by atoms with E-state index < -0.39 is 6.10 Å². The van der Waals surface area contributed by atoms with Gasteiger partial charge < -0.3 is 9.84 Å². The van der Waals surface area contributed by atoms with Crippen LogP contribution in [0, 0.1) is 0 Å². The van der Waals surface area contributed by atoms with E-state index in [0.29, 0.717) is 0 Å². The molecular formula is C19H26O2. The van der Waals surface area contributed by atoms with Gasteiger partial charge in [0.1, 0.15) is 5.75 Å². The highest BCUT2D eigenvalue weighted by molar-refractivity contribution is 5.89. The summed E-state index contributed by atoms with van der Waals surface area (Å²) in [7, 11) is 0. The third-order valence-electron chi connectivity index (χ3n) is 3.85. The van der Waals surface area contributed by atoms with E-state index in [0.717, 1.165) is 35.1 Å². The van der Waals surface area contributed by atoms with Gasteiger partial charge in [0.25, 0.3) is 0 Å². The summed E-state index contributed by atoms with van der Waals surface area (Å²) >= 11 is 0. The molecule has 0 aromatic heterocycles. The summed E-state index contributed by atoms with van der Waals surface area (Å²) in [6.07, 6.45) is 5.61. The summed E-state index contributed by atoms with van der Waals surface area (Å²) in [6, 6.07) is 12.2. The molecule has 1 N–H and O–H groups in total. The summed E-state index contributed by atoms with van der Waals surface area (Å²) < 4.78 is 6.03. The third kappa shape index (κ3) is 4.21. The Labute approximate surface area is 127 Å². The minimum atomic E-state index is -0.510. The summed E-state index contributed by atoms with van der Waals surface area (Å²) in [5.74, 6) is 0.846. The van der Waals surface area contributed by atoms with Gasteiger partial charge >= 0.3 is 0 Å². The summed E-state index contributed by atoms with van der Waals surface area (Å²) in [5.41, 5.74) is 0.877. The maximum absolute atomic E-state index is 9.96. The van der Waals surface area contributed by atoms with Crippen molar-refractivity contribution in [3.63, 3.8) is 0 Å². The van der Waals surface area contributed by atoms with Gasteiger partial charge in [-0.05, 0) is 18.7 Å². The van der Waals surface area contributed by atoms with E-state index in [-0.39, 0.29) is 0 Å². The molecule has 0 fully saturated rings. The quantitative estimate of drug-likeness (QED) is 0.672. The SMILES string of the molecule is CCCCCCCOc1c(C(C)O)ccc2ccccc12. The Morgan fingerprint density at radius 2 is 1.76 bits per heavy atom. The number of rotatable bonds is 8. The van der Waals surface area contributed by atoms with Crippen LogP contribution in [-0.2, 0) is 0 Å². The molecule has 0 bridgehead atoms. The molecule has 2 aromatic rings. The molecule has 0 aliphatic carbocycles. The Hall–Kier alpha value is -1.54. The highest BCUT2D eigenvalue weighted by Gasteiger charge is 2.12. The topological polar surface area (TPSA) is 29.5 Å². The monoisotopic (exact) mass is 286 g/mol. The lowest BCUT2D eigenvalue weighted by Crippen LogP contribution is -2.03. The Morgan fingerprint density at radius 1 is 1.00 bits per heavy atom. The molecule has 0 spiro atoms. The van der Waals surface area contributed by atoms with Crippen LogP contribution in [0.5, 0.6) is 5.75 Å². The van der Waals surface area contributed by atoms with E-state index >= 15 is 0 Å². The summed E-state index contributed by atoms with van der Waals surface area (Å²) in [5, 5.41) is 12.2. The summed E-state index contributed by atoms with van der Waals surface area (Å²) in [6.45, 7) is 4.73. The number of unbranched alkanes of at least 4 members (excludes halogenated alkanes) is 4. The first-order chi connectivity index (χ1) is 10.2. The molecule has 0 aliphatic rings. The zero-order chi connectivity index (χ0) is 15.1. The maximum Gasteiger partial charge on any atom is 0.132 e. The van der Waals surface area contributed by atoms with Crippen LogP contribution in [0.2, 0.25) is 0 Å². The van der Waals surface area contributed by atoms with Crippen LogP contribution in [0.4, 0.5) is 0 Å². The first-order valence-corrected chi connectivity index (χ1v) is 8.06.